The SMILES string of the molecule is CCCNC(CCc1ccc([N+](=O)[O-])c(F)c1)C1CC1. The number of nitrogens with zero attached hydrogens (tertiary/aromatic N) is 1. The molecule has 1 atom stereocenters. The summed E-state index contributed by atoms with van der Waals surface area (Å²) < 4.78 is 13.5. The fourth-order valence-corrected chi connectivity index (χ4v) is 2.51. The van der Waals surface area contributed by atoms with Crippen LogP contribution in [0.2, 0.25) is 0 Å². The topological polar surface area (TPSA) is 55.2 Å². The third-order valence-electron chi connectivity index (χ3n) is 3.80. The standard InChI is InChI=1S/C15H21FN2O2/c1-2-9-17-14(12-5-6-12)7-3-11-4-8-15(18(19)20)13(16)10-11/h4,8,10,12,14,17H,2-3,5-7,9H2,1H3. The Hall–Kier alpha value is -1.49. The molecule has 1 saturated carbocycles. The Kier molecular flexibility index (Phi) is 5.06. The van der Waals surface area contributed by atoms with Crippen molar-refractivity contribution in [2.75, 3.05) is 6.54 Å². The summed E-state index contributed by atoms with van der Waals surface area (Å²) in [4.78, 5) is 9.88. The second kappa shape index (κ2) is 6.79. The predicted octanol–water partition coefficient (Wildman–Crippen LogP) is 3.44. The second-order valence-electron chi connectivity index (χ2n) is 5.48. The van der Waals surface area contributed by atoms with Crippen LogP contribution in [0, 0.1) is 21.8 Å². The average Bonchev–Trinajstić information content (AvgIpc) is 3.23. The minimum Gasteiger partial charge on any atom is -0.314 e. The highest BCUT2D eigenvalue weighted by Crippen LogP contribution is 2.34. The lowest BCUT2D eigenvalue weighted by Crippen LogP contribution is -2.32. The zero-order chi connectivity index (χ0) is 14.5. The number of hydrogen-bond donors (Lipinski definition) is 1. The van der Waals surface area contributed by atoms with Gasteiger partial charge >= 0.3 is 5.69 Å². The highest BCUT2D eigenvalue weighted by Gasteiger charge is 2.30. The van der Waals surface area contributed by atoms with Crippen molar-refractivity contribution < 1.29 is 9.31 Å². The smallest absolute Gasteiger partial charge is 0.304 e. The molecule has 1 aromatic carbocycles. The van der Waals surface area contributed by atoms with Gasteiger partial charge in [0.2, 0.25) is 5.82 Å². The van der Waals surface area contributed by atoms with E-state index in [1.54, 1.807) is 6.07 Å². The van der Waals surface area contributed by atoms with Gasteiger partial charge in [-0.1, -0.05) is 13.0 Å². The van der Waals surface area contributed by atoms with Gasteiger partial charge in [0.25, 0.3) is 0 Å². The Morgan fingerprint density at radius 2 is 2.25 bits per heavy atom. The number of nitro groups is 1. The van der Waals surface area contributed by atoms with Gasteiger partial charge in [0.15, 0.2) is 0 Å². The van der Waals surface area contributed by atoms with Crippen LogP contribution in [0.1, 0.15) is 38.2 Å². The van der Waals surface area contributed by atoms with Crippen molar-refractivity contribution in [3.8, 4) is 0 Å². The van der Waals surface area contributed by atoms with E-state index in [2.05, 4.69) is 12.2 Å². The molecule has 1 N–H and O–H groups in total. The molecule has 0 radical (unpaired) electrons. The molecule has 1 aliphatic rings. The van der Waals surface area contributed by atoms with Crippen LogP contribution < -0.4 is 5.32 Å². The largest absolute Gasteiger partial charge is 0.314 e. The lowest BCUT2D eigenvalue weighted by Gasteiger charge is -2.17. The van der Waals surface area contributed by atoms with Crippen molar-refractivity contribution in [3.63, 3.8) is 0 Å². The van der Waals surface area contributed by atoms with Crippen molar-refractivity contribution in [1.29, 1.82) is 0 Å². The van der Waals surface area contributed by atoms with E-state index < -0.39 is 16.4 Å². The first-order chi connectivity index (χ1) is 9.61. The van der Waals surface area contributed by atoms with E-state index in [9.17, 15) is 14.5 Å². The van der Waals surface area contributed by atoms with Gasteiger partial charge in [-0.2, -0.15) is 4.39 Å². The summed E-state index contributed by atoms with van der Waals surface area (Å²) >= 11 is 0. The first-order valence-electron chi connectivity index (χ1n) is 7.28. The Morgan fingerprint density at radius 3 is 2.80 bits per heavy atom. The van der Waals surface area contributed by atoms with E-state index in [0.717, 1.165) is 37.3 Å². The zero-order valence-electron chi connectivity index (χ0n) is 11.8. The summed E-state index contributed by atoms with van der Waals surface area (Å²) in [6.07, 6.45) is 5.37. The lowest BCUT2D eigenvalue weighted by atomic mass is 10.0. The summed E-state index contributed by atoms with van der Waals surface area (Å²) in [5.41, 5.74) is 0.383. The van der Waals surface area contributed by atoms with Crippen molar-refractivity contribution in [2.24, 2.45) is 5.92 Å². The highest BCUT2D eigenvalue weighted by atomic mass is 19.1. The van der Waals surface area contributed by atoms with E-state index in [-0.39, 0.29) is 0 Å². The molecule has 2 rings (SSSR count). The van der Waals surface area contributed by atoms with Crippen LogP contribution in [0.25, 0.3) is 0 Å². The summed E-state index contributed by atoms with van der Waals surface area (Å²) in [6.45, 7) is 3.15. The van der Waals surface area contributed by atoms with Crippen LogP contribution in [0.15, 0.2) is 18.2 Å². The molecule has 0 bridgehead atoms. The first-order valence-corrected chi connectivity index (χ1v) is 7.28. The van der Waals surface area contributed by atoms with E-state index >= 15 is 0 Å². The third-order valence-corrected chi connectivity index (χ3v) is 3.80. The van der Waals surface area contributed by atoms with Crippen molar-refractivity contribution in [3.05, 3.63) is 39.7 Å². The molecule has 1 fully saturated rings. The van der Waals surface area contributed by atoms with Crippen LogP contribution in [-0.4, -0.2) is 17.5 Å². The molecular weight excluding hydrogens is 259 g/mol. The maximum Gasteiger partial charge on any atom is 0.304 e. The number of benzene rings is 1. The molecule has 1 unspecified atom stereocenters. The van der Waals surface area contributed by atoms with Gasteiger partial charge in [0.1, 0.15) is 0 Å². The van der Waals surface area contributed by atoms with Gasteiger partial charge in [0, 0.05) is 12.1 Å². The van der Waals surface area contributed by atoms with Crippen LogP contribution in [0.5, 0.6) is 0 Å². The van der Waals surface area contributed by atoms with Crippen LogP contribution in [0.4, 0.5) is 10.1 Å². The maximum atomic E-state index is 13.5. The average molecular weight is 280 g/mol. The monoisotopic (exact) mass is 280 g/mol. The molecule has 0 spiro atoms. The molecule has 0 aromatic heterocycles. The number of halogens is 1. The van der Waals surface area contributed by atoms with Crippen molar-refractivity contribution >= 4 is 5.69 Å². The molecule has 1 aliphatic carbocycles. The number of aryl methyl sites for hydroxylation is 1. The molecule has 20 heavy (non-hydrogen) atoms. The van der Waals surface area contributed by atoms with Gasteiger partial charge < -0.3 is 5.32 Å². The quantitative estimate of drug-likeness (QED) is 0.586. The predicted molar refractivity (Wildman–Crippen MR) is 76.2 cm³/mol. The van der Waals surface area contributed by atoms with Crippen molar-refractivity contribution in [1.82, 2.24) is 5.32 Å². The molecule has 1 aromatic rings. The number of nitrogens with one attached hydrogen (secondary N) is 1. The van der Waals surface area contributed by atoms with E-state index in [0.29, 0.717) is 6.04 Å². The number of hydrogen-bond acceptors (Lipinski definition) is 3. The molecule has 5 heteroatoms. The van der Waals surface area contributed by atoms with Gasteiger partial charge in [-0.3, -0.25) is 10.1 Å². The Bertz CT molecular complexity index is 475. The Labute approximate surface area is 118 Å². The van der Waals surface area contributed by atoms with Crippen LogP contribution in [-0.2, 0) is 6.42 Å². The summed E-state index contributed by atoms with van der Waals surface area (Å²) in [7, 11) is 0. The van der Waals surface area contributed by atoms with Gasteiger partial charge in [0.05, 0.1) is 4.92 Å². The minimum absolute atomic E-state index is 0.448. The minimum atomic E-state index is -0.739. The number of rotatable bonds is 8. The zero-order valence-corrected chi connectivity index (χ0v) is 11.8. The normalized spacial score (nSPS) is 16.1. The van der Waals surface area contributed by atoms with Crippen molar-refractivity contribution in [2.45, 2.75) is 45.1 Å². The first kappa shape index (κ1) is 14.9. The van der Waals surface area contributed by atoms with E-state index in [1.807, 2.05) is 0 Å². The summed E-state index contributed by atoms with van der Waals surface area (Å²) in [5, 5.41) is 14.1. The fraction of sp³-hybridized carbons (Fsp3) is 0.600. The summed E-state index contributed by atoms with van der Waals surface area (Å²) in [5.74, 6) is 0.0152. The second-order valence-corrected chi connectivity index (χ2v) is 5.48. The summed E-state index contributed by atoms with van der Waals surface area (Å²) in [6, 6.07) is 4.71. The molecule has 0 aliphatic heterocycles. The third kappa shape index (κ3) is 4.00. The number of nitro benzene ring substituents is 1. The molecule has 0 amide bonds. The maximum absolute atomic E-state index is 13.5. The van der Waals surface area contributed by atoms with E-state index in [1.165, 1.54) is 25.0 Å². The molecule has 110 valence electrons. The Balaban J connectivity index is 1.92. The molecular formula is C15H21FN2O2. The highest BCUT2D eigenvalue weighted by molar-refractivity contribution is 5.35. The van der Waals surface area contributed by atoms with Gasteiger partial charge in [-0.15, -0.1) is 0 Å². The molecule has 0 saturated heterocycles. The van der Waals surface area contributed by atoms with Crippen LogP contribution >= 0.6 is 0 Å². The lowest BCUT2D eigenvalue weighted by molar-refractivity contribution is -0.387. The van der Waals surface area contributed by atoms with E-state index in [4.69, 9.17) is 0 Å². The van der Waals surface area contributed by atoms with Crippen LogP contribution in [0.3, 0.4) is 0 Å². The van der Waals surface area contributed by atoms with Gasteiger partial charge in [-0.05, 0) is 56.2 Å². The molecule has 0 heterocycles. The van der Waals surface area contributed by atoms with Gasteiger partial charge in [-0.25, -0.2) is 0 Å². The Morgan fingerprint density at radius 1 is 1.50 bits per heavy atom. The molecule has 4 nitrogen and oxygen atoms in total. The fourth-order valence-electron chi connectivity index (χ4n) is 2.51.